The molecule has 78 valence electrons. The van der Waals surface area contributed by atoms with E-state index in [0.29, 0.717) is 6.04 Å². The first-order chi connectivity index (χ1) is 5.63. The Labute approximate surface area is 87.4 Å². The van der Waals surface area contributed by atoms with Crippen LogP contribution < -0.4 is 0 Å². The fourth-order valence-electron chi connectivity index (χ4n) is 0.672. The lowest BCUT2D eigenvalue weighted by atomic mass is 10.4. The van der Waals surface area contributed by atoms with Gasteiger partial charge in [0.05, 0.1) is 18.6 Å². The van der Waals surface area contributed by atoms with E-state index >= 15 is 0 Å². The summed E-state index contributed by atoms with van der Waals surface area (Å²) in [7, 11) is 4.12. The number of rotatable bonds is 5. The first-order valence-corrected chi connectivity index (χ1v) is 4.39. The van der Waals surface area contributed by atoms with Crippen LogP contribution in [-0.2, 0) is 0 Å². The third-order valence-electron chi connectivity index (χ3n) is 1.26. The van der Waals surface area contributed by atoms with Crippen LogP contribution in [0.5, 0.6) is 0 Å². The summed E-state index contributed by atoms with van der Waals surface area (Å²) >= 11 is 0. The standard InChI is InChI=1S/C9H19N3.ClH/c1-9(2)11-8-10-6-5-7-12(3)4;/h9H,5-7H2,1-4H3;1H. The Morgan fingerprint density at radius 3 is 2.38 bits per heavy atom. The molecule has 0 spiro atoms. The van der Waals surface area contributed by atoms with Crippen LogP contribution in [0, 0.1) is 0 Å². The minimum Gasteiger partial charge on any atom is -0.309 e. The molecular weight excluding hydrogens is 186 g/mol. The lowest BCUT2D eigenvalue weighted by Gasteiger charge is -2.05. The number of hydrogen-bond donors (Lipinski definition) is 0. The molecule has 4 heteroatoms. The van der Waals surface area contributed by atoms with Crippen molar-refractivity contribution in [2.24, 2.45) is 9.98 Å². The molecule has 0 heterocycles. The molecule has 0 aromatic carbocycles. The van der Waals surface area contributed by atoms with Gasteiger partial charge in [0, 0.05) is 0 Å². The molecule has 0 saturated carbocycles. The van der Waals surface area contributed by atoms with Crippen LogP contribution in [0.25, 0.3) is 0 Å². The summed E-state index contributed by atoms with van der Waals surface area (Å²) in [5.74, 6) is 0. The number of aliphatic imine (C=N–C) groups is 2. The maximum atomic E-state index is 4.04. The van der Waals surface area contributed by atoms with E-state index in [-0.39, 0.29) is 12.4 Å². The van der Waals surface area contributed by atoms with Crippen molar-refractivity contribution in [1.82, 2.24) is 4.90 Å². The van der Waals surface area contributed by atoms with E-state index in [9.17, 15) is 0 Å². The molecule has 0 N–H and O–H groups in total. The summed E-state index contributed by atoms with van der Waals surface area (Å²) in [5, 5.41) is 0. The van der Waals surface area contributed by atoms with Crippen LogP contribution in [0.15, 0.2) is 9.98 Å². The monoisotopic (exact) mass is 205 g/mol. The van der Waals surface area contributed by atoms with Gasteiger partial charge in [0.25, 0.3) is 0 Å². The molecule has 0 aliphatic rings. The summed E-state index contributed by atoms with van der Waals surface area (Å²) in [4.78, 5) is 10.2. The van der Waals surface area contributed by atoms with E-state index in [4.69, 9.17) is 0 Å². The van der Waals surface area contributed by atoms with Gasteiger partial charge in [0.15, 0.2) is 0 Å². The van der Waals surface area contributed by atoms with Crippen molar-refractivity contribution in [2.45, 2.75) is 26.3 Å². The fourth-order valence-corrected chi connectivity index (χ4v) is 0.672. The molecule has 0 aliphatic carbocycles. The van der Waals surface area contributed by atoms with E-state index < -0.39 is 0 Å². The van der Waals surface area contributed by atoms with Gasteiger partial charge in [-0.1, -0.05) is 0 Å². The Kier molecular flexibility index (Phi) is 11.3. The molecule has 0 saturated heterocycles. The van der Waals surface area contributed by atoms with Crippen LogP contribution >= 0.6 is 12.4 Å². The van der Waals surface area contributed by atoms with Gasteiger partial charge in [0.2, 0.25) is 0 Å². The van der Waals surface area contributed by atoms with Crippen LogP contribution in [0.4, 0.5) is 0 Å². The zero-order chi connectivity index (χ0) is 9.40. The highest BCUT2D eigenvalue weighted by atomic mass is 35.5. The molecule has 0 aliphatic heterocycles. The van der Waals surface area contributed by atoms with Gasteiger partial charge in [0.1, 0.15) is 0 Å². The third kappa shape index (κ3) is 14.5. The van der Waals surface area contributed by atoms with E-state index in [1.165, 1.54) is 0 Å². The first kappa shape index (κ1) is 15.1. The summed E-state index contributed by atoms with van der Waals surface area (Å²) in [6.07, 6.45) is 1.08. The highest BCUT2D eigenvalue weighted by Gasteiger charge is 1.87. The van der Waals surface area contributed by atoms with E-state index in [2.05, 4.69) is 35.0 Å². The lowest BCUT2D eigenvalue weighted by Crippen LogP contribution is -2.13. The molecule has 3 nitrogen and oxygen atoms in total. The van der Waals surface area contributed by atoms with Gasteiger partial charge in [-0.2, -0.15) is 0 Å². The first-order valence-electron chi connectivity index (χ1n) is 4.39. The van der Waals surface area contributed by atoms with Crippen LogP contribution in [-0.4, -0.2) is 44.1 Å². The van der Waals surface area contributed by atoms with E-state index in [1.54, 1.807) is 0 Å². The molecule has 0 amide bonds. The SMILES string of the molecule is CC(C)N=C=NCCCN(C)C.Cl. The van der Waals surface area contributed by atoms with E-state index in [0.717, 1.165) is 19.5 Å². The average Bonchev–Trinajstić information content (AvgIpc) is 1.95. The third-order valence-corrected chi connectivity index (χ3v) is 1.26. The molecule has 0 atom stereocenters. The summed E-state index contributed by atoms with van der Waals surface area (Å²) in [5.41, 5.74) is 0. The molecule has 0 rings (SSSR count). The molecular formula is C9H20ClN3. The molecule has 0 unspecified atom stereocenters. The Morgan fingerprint density at radius 1 is 1.31 bits per heavy atom. The van der Waals surface area contributed by atoms with Gasteiger partial charge in [-0.25, -0.2) is 9.98 Å². The zero-order valence-electron chi connectivity index (χ0n) is 8.95. The summed E-state index contributed by atoms with van der Waals surface area (Å²) in [6, 6.07) is 3.00. The fraction of sp³-hybridized carbons (Fsp3) is 0.889. The second kappa shape index (κ2) is 9.72. The van der Waals surface area contributed by atoms with Gasteiger partial charge in [-0.05, 0) is 40.9 Å². The molecule has 0 radical (unpaired) electrons. The van der Waals surface area contributed by atoms with Crippen molar-refractivity contribution >= 4 is 18.4 Å². The second-order valence-electron chi connectivity index (χ2n) is 3.36. The normalized spacial score (nSPS) is 9.38. The van der Waals surface area contributed by atoms with Gasteiger partial charge >= 0.3 is 0 Å². The Hall–Kier alpha value is -0.370. The smallest absolute Gasteiger partial charge is 0.0895 e. The Balaban J connectivity index is 0. The minimum atomic E-state index is 0. The predicted molar refractivity (Wildman–Crippen MR) is 60.3 cm³/mol. The van der Waals surface area contributed by atoms with Crippen molar-refractivity contribution in [3.8, 4) is 0 Å². The maximum absolute atomic E-state index is 4.04. The lowest BCUT2D eigenvalue weighted by molar-refractivity contribution is 0.403. The van der Waals surface area contributed by atoms with Crippen molar-refractivity contribution < 1.29 is 0 Å². The quantitative estimate of drug-likeness (QED) is 0.498. The van der Waals surface area contributed by atoms with Crippen LogP contribution in [0.1, 0.15) is 20.3 Å². The molecule has 0 aromatic heterocycles. The van der Waals surface area contributed by atoms with Crippen molar-refractivity contribution in [2.75, 3.05) is 27.2 Å². The Bertz CT molecular complexity index is 160. The second-order valence-corrected chi connectivity index (χ2v) is 3.36. The predicted octanol–water partition coefficient (Wildman–Crippen LogP) is 1.94. The topological polar surface area (TPSA) is 28.0 Å². The minimum absolute atomic E-state index is 0. The average molecular weight is 206 g/mol. The van der Waals surface area contributed by atoms with Gasteiger partial charge in [-0.15, -0.1) is 12.4 Å². The number of hydrogen-bond acceptors (Lipinski definition) is 3. The highest BCUT2D eigenvalue weighted by Crippen LogP contribution is 1.84. The van der Waals surface area contributed by atoms with Crippen molar-refractivity contribution in [1.29, 1.82) is 0 Å². The van der Waals surface area contributed by atoms with Crippen LogP contribution in [0.2, 0.25) is 0 Å². The molecule has 13 heavy (non-hydrogen) atoms. The van der Waals surface area contributed by atoms with Crippen LogP contribution in [0.3, 0.4) is 0 Å². The summed E-state index contributed by atoms with van der Waals surface area (Å²) < 4.78 is 0. The van der Waals surface area contributed by atoms with Gasteiger partial charge < -0.3 is 4.90 Å². The Morgan fingerprint density at radius 2 is 1.92 bits per heavy atom. The number of nitrogens with zero attached hydrogens (tertiary/aromatic N) is 3. The maximum Gasteiger partial charge on any atom is 0.0895 e. The molecule has 0 bridgehead atoms. The van der Waals surface area contributed by atoms with Crippen molar-refractivity contribution in [3.05, 3.63) is 0 Å². The van der Waals surface area contributed by atoms with Crippen molar-refractivity contribution in [3.63, 3.8) is 0 Å². The highest BCUT2D eigenvalue weighted by molar-refractivity contribution is 5.85. The number of halogens is 1. The summed E-state index contributed by atoms with van der Waals surface area (Å²) in [6.45, 7) is 5.94. The molecule has 0 fully saturated rings. The van der Waals surface area contributed by atoms with Gasteiger partial charge in [-0.3, -0.25) is 0 Å². The van der Waals surface area contributed by atoms with E-state index in [1.807, 2.05) is 13.8 Å². The zero-order valence-corrected chi connectivity index (χ0v) is 9.77. The molecule has 0 aromatic rings. The largest absolute Gasteiger partial charge is 0.309 e.